The van der Waals surface area contributed by atoms with Gasteiger partial charge in [0.25, 0.3) is 0 Å². The van der Waals surface area contributed by atoms with Crippen molar-refractivity contribution in [2.45, 2.75) is 64.2 Å². The van der Waals surface area contributed by atoms with E-state index in [0.29, 0.717) is 5.92 Å². The third-order valence-electron chi connectivity index (χ3n) is 10.6. The molecule has 5 aromatic rings. The van der Waals surface area contributed by atoms with Gasteiger partial charge in [0.15, 0.2) is 0 Å². The van der Waals surface area contributed by atoms with Gasteiger partial charge in [-0.3, -0.25) is 0 Å². The number of benzene rings is 5. The fourth-order valence-electron chi connectivity index (χ4n) is 8.20. The molecule has 0 saturated heterocycles. The van der Waals surface area contributed by atoms with Gasteiger partial charge in [-0.2, -0.15) is 0 Å². The van der Waals surface area contributed by atoms with Gasteiger partial charge in [-0.25, -0.2) is 0 Å². The number of aryl methyl sites for hydroxylation is 1. The molecule has 212 valence electrons. The molecule has 0 bridgehead atoms. The predicted molar refractivity (Wildman–Crippen MR) is 182 cm³/mol. The van der Waals surface area contributed by atoms with Gasteiger partial charge >= 0.3 is 0 Å². The molecule has 0 fully saturated rings. The van der Waals surface area contributed by atoms with Crippen LogP contribution in [0.5, 0.6) is 0 Å². The fourth-order valence-corrected chi connectivity index (χ4v) is 8.20. The minimum Gasteiger partial charge on any atom is -0.311 e. The van der Waals surface area contributed by atoms with Gasteiger partial charge in [-0.1, -0.05) is 125 Å². The van der Waals surface area contributed by atoms with Crippen LogP contribution in [0, 0.1) is 0 Å². The molecule has 3 aliphatic rings. The molecular formula is C42H39N. The third-order valence-corrected chi connectivity index (χ3v) is 10.6. The Kier molecular flexibility index (Phi) is 5.70. The van der Waals surface area contributed by atoms with Crippen LogP contribution in [0.1, 0.15) is 74.8 Å². The van der Waals surface area contributed by atoms with E-state index < -0.39 is 0 Å². The maximum atomic E-state index is 2.51. The molecule has 1 unspecified atom stereocenters. The number of rotatable bonds is 4. The van der Waals surface area contributed by atoms with Gasteiger partial charge in [0.2, 0.25) is 0 Å². The van der Waals surface area contributed by atoms with E-state index in [-0.39, 0.29) is 10.8 Å². The lowest BCUT2D eigenvalue weighted by Gasteiger charge is -2.33. The van der Waals surface area contributed by atoms with Crippen molar-refractivity contribution in [3.05, 3.63) is 154 Å². The lowest BCUT2D eigenvalue weighted by atomic mass is 9.78. The molecule has 43 heavy (non-hydrogen) atoms. The second-order valence-corrected chi connectivity index (χ2v) is 13.7. The Bertz CT molecular complexity index is 2000. The fraction of sp³-hybridized carbons (Fsp3) is 0.238. The van der Waals surface area contributed by atoms with Gasteiger partial charge in [0.05, 0.1) is 0 Å². The SMILES string of the molecule is CCc1ccc2cc(N(C3=CCC4C(=C3)C(C)(C)c3ccccc34)c3ccc4c(c3)C(C)(C)c3ccccc3-4)ccc2c1. The summed E-state index contributed by atoms with van der Waals surface area (Å²) in [6.45, 7) is 11.8. The van der Waals surface area contributed by atoms with Crippen molar-refractivity contribution < 1.29 is 0 Å². The molecule has 0 N–H and O–H groups in total. The number of hydrogen-bond acceptors (Lipinski definition) is 1. The van der Waals surface area contributed by atoms with Crippen LogP contribution < -0.4 is 4.90 Å². The van der Waals surface area contributed by atoms with Crippen LogP contribution in [-0.4, -0.2) is 0 Å². The van der Waals surface area contributed by atoms with Crippen LogP contribution in [0.2, 0.25) is 0 Å². The van der Waals surface area contributed by atoms with Crippen LogP contribution in [0.4, 0.5) is 11.4 Å². The van der Waals surface area contributed by atoms with Gasteiger partial charge < -0.3 is 4.90 Å². The summed E-state index contributed by atoms with van der Waals surface area (Å²) in [6.07, 6.45) is 7.06. The van der Waals surface area contributed by atoms with Crippen LogP contribution in [-0.2, 0) is 17.3 Å². The highest BCUT2D eigenvalue weighted by Gasteiger charge is 2.42. The summed E-state index contributed by atoms with van der Waals surface area (Å²) < 4.78 is 0. The van der Waals surface area contributed by atoms with E-state index in [1.54, 1.807) is 0 Å². The van der Waals surface area contributed by atoms with E-state index in [4.69, 9.17) is 0 Å². The Hall–Kier alpha value is -4.36. The summed E-state index contributed by atoms with van der Waals surface area (Å²) in [7, 11) is 0. The maximum Gasteiger partial charge on any atom is 0.0467 e. The van der Waals surface area contributed by atoms with Crippen LogP contribution >= 0.6 is 0 Å². The molecular weight excluding hydrogens is 518 g/mol. The topological polar surface area (TPSA) is 3.24 Å². The molecule has 8 rings (SSSR count). The summed E-state index contributed by atoms with van der Waals surface area (Å²) in [5.74, 6) is 0.453. The summed E-state index contributed by atoms with van der Waals surface area (Å²) >= 11 is 0. The average Bonchev–Trinajstić information content (AvgIpc) is 3.40. The highest BCUT2D eigenvalue weighted by Crippen LogP contribution is 2.55. The number of hydrogen-bond donors (Lipinski definition) is 0. The van der Waals surface area contributed by atoms with Crippen LogP contribution in [0.25, 0.3) is 21.9 Å². The van der Waals surface area contributed by atoms with E-state index in [1.807, 2.05) is 0 Å². The van der Waals surface area contributed by atoms with Crippen molar-refractivity contribution in [2.75, 3.05) is 4.90 Å². The van der Waals surface area contributed by atoms with Gasteiger partial charge in [0.1, 0.15) is 0 Å². The Morgan fingerprint density at radius 3 is 2.16 bits per heavy atom. The normalized spacial score (nSPS) is 18.8. The molecule has 1 atom stereocenters. The van der Waals surface area contributed by atoms with Gasteiger partial charge in [-0.05, 0) is 92.9 Å². The first-order chi connectivity index (χ1) is 20.8. The first-order valence-electron chi connectivity index (χ1n) is 15.9. The van der Waals surface area contributed by atoms with E-state index >= 15 is 0 Å². The average molecular weight is 558 g/mol. The van der Waals surface area contributed by atoms with Crippen molar-refractivity contribution in [3.8, 4) is 11.1 Å². The zero-order valence-corrected chi connectivity index (χ0v) is 25.9. The van der Waals surface area contributed by atoms with Crippen LogP contribution in [0.3, 0.4) is 0 Å². The number of nitrogens with zero attached hydrogens (tertiary/aromatic N) is 1. The maximum absolute atomic E-state index is 2.51. The molecule has 1 heteroatoms. The van der Waals surface area contributed by atoms with Crippen molar-refractivity contribution in [1.82, 2.24) is 0 Å². The van der Waals surface area contributed by atoms with E-state index in [0.717, 1.165) is 12.8 Å². The molecule has 0 amide bonds. The molecule has 3 aliphatic carbocycles. The summed E-state index contributed by atoms with van der Waals surface area (Å²) in [5, 5.41) is 2.58. The predicted octanol–water partition coefficient (Wildman–Crippen LogP) is 11.1. The number of anilines is 2. The number of fused-ring (bicyclic) bond motifs is 7. The zero-order chi connectivity index (χ0) is 29.5. The second-order valence-electron chi connectivity index (χ2n) is 13.7. The Balaban J connectivity index is 1.30. The highest BCUT2D eigenvalue weighted by molar-refractivity contribution is 5.90. The zero-order valence-electron chi connectivity index (χ0n) is 25.9. The molecule has 0 spiro atoms. The molecule has 5 aromatic carbocycles. The van der Waals surface area contributed by atoms with Gasteiger partial charge in [0, 0.05) is 33.8 Å². The Morgan fingerprint density at radius 1 is 0.651 bits per heavy atom. The van der Waals surface area contributed by atoms with Crippen molar-refractivity contribution in [1.29, 1.82) is 0 Å². The second kappa shape index (κ2) is 9.32. The van der Waals surface area contributed by atoms with Gasteiger partial charge in [-0.15, -0.1) is 0 Å². The monoisotopic (exact) mass is 557 g/mol. The largest absolute Gasteiger partial charge is 0.311 e. The van der Waals surface area contributed by atoms with E-state index in [1.165, 1.54) is 72.4 Å². The molecule has 0 aliphatic heterocycles. The summed E-state index contributed by atoms with van der Waals surface area (Å²) in [6, 6.07) is 39.0. The lowest BCUT2D eigenvalue weighted by Crippen LogP contribution is -2.23. The molecule has 0 saturated carbocycles. The third kappa shape index (κ3) is 3.84. The van der Waals surface area contributed by atoms with Crippen molar-refractivity contribution in [2.24, 2.45) is 0 Å². The number of allylic oxidation sites excluding steroid dienone is 3. The standard InChI is InChI=1S/C42H39N/c1-6-27-15-16-29-24-30(18-17-28(29)23-27)43(31-19-21-35-33-11-7-9-13-37(33)41(2,3)39(35)25-31)32-20-22-36-34-12-8-10-14-38(34)42(4,5)40(36)26-32/h7-21,23-26,36H,6,22H2,1-5H3. The van der Waals surface area contributed by atoms with E-state index in [2.05, 4.69) is 155 Å². The van der Waals surface area contributed by atoms with Crippen molar-refractivity contribution in [3.63, 3.8) is 0 Å². The van der Waals surface area contributed by atoms with E-state index in [9.17, 15) is 0 Å². The first kappa shape index (κ1) is 26.3. The molecule has 0 heterocycles. The highest BCUT2D eigenvalue weighted by atomic mass is 15.1. The molecule has 1 nitrogen and oxygen atoms in total. The summed E-state index contributed by atoms with van der Waals surface area (Å²) in [4.78, 5) is 2.51. The van der Waals surface area contributed by atoms with Crippen LogP contribution in [0.15, 0.2) is 127 Å². The minimum atomic E-state index is -0.0485. The molecule has 0 aromatic heterocycles. The summed E-state index contributed by atoms with van der Waals surface area (Å²) in [5.41, 5.74) is 15.1. The lowest BCUT2D eigenvalue weighted by molar-refractivity contribution is 0.609. The smallest absolute Gasteiger partial charge is 0.0467 e. The Labute approximate surface area is 256 Å². The molecule has 0 radical (unpaired) electrons. The van der Waals surface area contributed by atoms with Crippen molar-refractivity contribution >= 4 is 22.1 Å². The Morgan fingerprint density at radius 2 is 1.33 bits per heavy atom. The minimum absolute atomic E-state index is 0.00789. The quantitative estimate of drug-likeness (QED) is 0.212. The first-order valence-corrected chi connectivity index (χ1v) is 15.9.